The van der Waals surface area contributed by atoms with Gasteiger partial charge in [-0.1, -0.05) is 18.2 Å². The summed E-state index contributed by atoms with van der Waals surface area (Å²) in [7, 11) is 0. The maximum Gasteiger partial charge on any atom is 0.133 e. The summed E-state index contributed by atoms with van der Waals surface area (Å²) >= 11 is 3.18. The number of hydrogen-bond donors (Lipinski definition) is 4. The van der Waals surface area contributed by atoms with Crippen molar-refractivity contribution < 1.29 is 0 Å². The molecule has 130 valence electrons. The van der Waals surface area contributed by atoms with Crippen LogP contribution in [0.4, 0.5) is 22.7 Å². The molecule has 2 aromatic carbocycles. The molecule has 0 fully saturated rings. The number of para-hydroxylation sites is 1. The van der Waals surface area contributed by atoms with Crippen LogP contribution in [0, 0.1) is 5.41 Å². The number of hydrogen-bond acceptors (Lipinski definition) is 5. The van der Waals surface area contributed by atoms with Gasteiger partial charge in [-0.05, 0) is 48.7 Å². The molecule has 0 spiro atoms. The normalized spacial score (nSPS) is 9.96. The van der Waals surface area contributed by atoms with Crippen LogP contribution in [0.5, 0.6) is 0 Å². The molecule has 0 aliphatic heterocycles. The van der Waals surface area contributed by atoms with Gasteiger partial charge >= 0.3 is 0 Å². The molecule has 1 heterocycles. The van der Waals surface area contributed by atoms with Gasteiger partial charge in [0.2, 0.25) is 0 Å². The number of nitrogens with two attached hydrogens (primary N) is 1. The molecule has 1 aromatic heterocycles. The highest BCUT2D eigenvalue weighted by molar-refractivity contribution is 8.00. The van der Waals surface area contributed by atoms with E-state index in [4.69, 9.17) is 11.1 Å². The number of amidine groups is 1. The van der Waals surface area contributed by atoms with E-state index >= 15 is 0 Å². The smallest absolute Gasteiger partial charge is 0.133 e. The molecule has 5 N–H and O–H groups in total. The van der Waals surface area contributed by atoms with Crippen LogP contribution in [0.3, 0.4) is 0 Å². The van der Waals surface area contributed by atoms with E-state index in [2.05, 4.69) is 10.6 Å². The number of nitrogen functional groups attached to an aromatic ring is 1. The quantitative estimate of drug-likeness (QED) is 0.249. The maximum absolute atomic E-state index is 7.58. The summed E-state index contributed by atoms with van der Waals surface area (Å²) in [4.78, 5) is 0.782. The van der Waals surface area contributed by atoms with Crippen LogP contribution < -0.4 is 16.4 Å². The van der Waals surface area contributed by atoms with Gasteiger partial charge in [0.05, 0.1) is 14.8 Å². The molecule has 0 unspecified atom stereocenters. The van der Waals surface area contributed by atoms with Gasteiger partial charge in [-0.3, -0.25) is 5.41 Å². The predicted octanol–water partition coefficient (Wildman–Crippen LogP) is 5.66. The molecule has 0 aliphatic rings. The lowest BCUT2D eigenvalue weighted by Crippen LogP contribution is -2.08. The molecule has 7 heteroatoms. The highest BCUT2D eigenvalue weighted by Crippen LogP contribution is 2.36. The minimum atomic E-state index is 0. The Hall–Kier alpha value is -2.15. The van der Waals surface area contributed by atoms with Crippen LogP contribution in [0.1, 0.15) is 4.88 Å². The molecule has 0 saturated heterocycles. The molecule has 4 nitrogen and oxygen atoms in total. The van der Waals surface area contributed by atoms with E-state index in [1.807, 2.05) is 66.9 Å². The van der Waals surface area contributed by atoms with Crippen molar-refractivity contribution in [2.45, 2.75) is 4.21 Å². The van der Waals surface area contributed by atoms with Crippen molar-refractivity contribution in [2.75, 3.05) is 16.9 Å². The van der Waals surface area contributed by atoms with Gasteiger partial charge in [-0.2, -0.15) is 0 Å². The summed E-state index contributed by atoms with van der Waals surface area (Å²) in [5.41, 5.74) is 9.67. The molecule has 0 bridgehead atoms. The third kappa shape index (κ3) is 4.92. The second-order valence-corrected chi connectivity index (χ2v) is 7.25. The number of thioether (sulfide) groups is 1. The minimum absolute atomic E-state index is 0. The van der Waals surface area contributed by atoms with Crippen molar-refractivity contribution in [3.05, 3.63) is 65.5 Å². The van der Waals surface area contributed by atoms with Gasteiger partial charge in [-0.25, -0.2) is 0 Å². The highest BCUT2D eigenvalue weighted by Gasteiger charge is 2.10. The number of thiophene rings is 1. The van der Waals surface area contributed by atoms with Crippen LogP contribution in [0.15, 0.2) is 64.9 Å². The Morgan fingerprint density at radius 1 is 0.960 bits per heavy atom. The first-order chi connectivity index (χ1) is 11.7. The van der Waals surface area contributed by atoms with Gasteiger partial charge in [0.25, 0.3) is 0 Å². The SMILES string of the molecule is CSc1sc(C(=N)N)cc1Nc1ccc(Nc2ccccc2)cc1.Cl. The molecule has 25 heavy (non-hydrogen) atoms. The zero-order chi connectivity index (χ0) is 16.9. The summed E-state index contributed by atoms with van der Waals surface area (Å²) in [6, 6.07) is 20.1. The second-order valence-electron chi connectivity index (χ2n) is 5.12. The monoisotopic (exact) mass is 390 g/mol. The maximum atomic E-state index is 7.58. The number of rotatable bonds is 6. The Balaban J connectivity index is 0.00000225. The summed E-state index contributed by atoms with van der Waals surface area (Å²) < 4.78 is 1.12. The Kier molecular flexibility index (Phi) is 6.75. The molecular weight excluding hydrogens is 372 g/mol. The lowest BCUT2D eigenvalue weighted by molar-refractivity contribution is 1.45. The van der Waals surface area contributed by atoms with Crippen molar-refractivity contribution >= 4 is 64.1 Å². The first kappa shape index (κ1) is 19.2. The molecular formula is C18H19ClN4S2. The Bertz CT molecular complexity index is 832. The molecule has 0 radical (unpaired) electrons. The molecule has 3 aromatic rings. The van der Waals surface area contributed by atoms with Gasteiger partial charge in [0.15, 0.2) is 0 Å². The molecule has 0 amide bonds. The zero-order valence-corrected chi connectivity index (χ0v) is 16.0. The first-order valence-corrected chi connectivity index (χ1v) is 9.41. The van der Waals surface area contributed by atoms with Crippen molar-refractivity contribution in [2.24, 2.45) is 5.73 Å². The topological polar surface area (TPSA) is 73.9 Å². The van der Waals surface area contributed by atoms with Crippen LogP contribution in [0.2, 0.25) is 0 Å². The van der Waals surface area contributed by atoms with Gasteiger partial charge in [-0.15, -0.1) is 35.5 Å². The fourth-order valence-electron chi connectivity index (χ4n) is 2.23. The number of benzene rings is 2. The van der Waals surface area contributed by atoms with E-state index in [9.17, 15) is 0 Å². The largest absolute Gasteiger partial charge is 0.383 e. The minimum Gasteiger partial charge on any atom is -0.383 e. The number of anilines is 4. The summed E-state index contributed by atoms with van der Waals surface area (Å²) in [5.74, 6) is 0.103. The molecule has 3 rings (SSSR count). The van der Waals surface area contributed by atoms with Crippen LogP contribution in [0.25, 0.3) is 0 Å². The lowest BCUT2D eigenvalue weighted by Gasteiger charge is -2.09. The van der Waals surface area contributed by atoms with E-state index in [1.54, 1.807) is 11.8 Å². The third-order valence-electron chi connectivity index (χ3n) is 3.38. The number of halogens is 1. The summed E-state index contributed by atoms with van der Waals surface area (Å²) in [6.45, 7) is 0. The Morgan fingerprint density at radius 2 is 1.52 bits per heavy atom. The van der Waals surface area contributed by atoms with Gasteiger partial charge in [0, 0.05) is 17.1 Å². The average molecular weight is 391 g/mol. The number of nitrogens with one attached hydrogen (secondary N) is 3. The van der Waals surface area contributed by atoms with E-state index in [1.165, 1.54) is 11.3 Å². The summed E-state index contributed by atoms with van der Waals surface area (Å²) in [6.07, 6.45) is 2.02. The fraction of sp³-hybridized carbons (Fsp3) is 0.0556. The second kappa shape index (κ2) is 8.80. The molecule has 0 aliphatic carbocycles. The summed E-state index contributed by atoms with van der Waals surface area (Å²) in [5, 5.41) is 14.3. The van der Waals surface area contributed by atoms with Crippen molar-refractivity contribution in [3.63, 3.8) is 0 Å². The van der Waals surface area contributed by atoms with E-state index in [0.717, 1.165) is 31.8 Å². The molecule has 0 atom stereocenters. The Morgan fingerprint density at radius 3 is 2.08 bits per heavy atom. The standard InChI is InChI=1S/C18H18N4S2.ClH/c1-23-18-15(11-16(24-18)17(19)20)22-14-9-7-13(8-10-14)21-12-5-3-2-4-6-12;/h2-11,21-22H,1H3,(H3,19,20);1H. The van der Waals surface area contributed by atoms with Crippen molar-refractivity contribution in [1.82, 2.24) is 0 Å². The predicted molar refractivity (Wildman–Crippen MR) is 114 cm³/mol. The van der Waals surface area contributed by atoms with E-state index in [0.29, 0.717) is 0 Å². The van der Waals surface area contributed by atoms with E-state index < -0.39 is 0 Å². The van der Waals surface area contributed by atoms with Crippen molar-refractivity contribution in [1.29, 1.82) is 5.41 Å². The third-order valence-corrected chi connectivity index (χ3v) is 5.68. The average Bonchev–Trinajstić information content (AvgIpc) is 3.01. The molecule has 0 saturated carbocycles. The van der Waals surface area contributed by atoms with Gasteiger partial charge < -0.3 is 16.4 Å². The highest BCUT2D eigenvalue weighted by atomic mass is 35.5. The fourth-order valence-corrected chi connectivity index (χ4v) is 3.87. The van der Waals surface area contributed by atoms with Crippen molar-refractivity contribution in [3.8, 4) is 0 Å². The van der Waals surface area contributed by atoms with Crippen LogP contribution in [-0.4, -0.2) is 12.1 Å². The lowest BCUT2D eigenvalue weighted by atomic mass is 10.2. The first-order valence-electron chi connectivity index (χ1n) is 7.37. The van der Waals surface area contributed by atoms with Crippen LogP contribution >= 0.6 is 35.5 Å². The Labute approximate surface area is 161 Å². The zero-order valence-electron chi connectivity index (χ0n) is 13.6. The van der Waals surface area contributed by atoms with Gasteiger partial charge in [0.1, 0.15) is 5.84 Å². The van der Waals surface area contributed by atoms with Crippen LogP contribution in [-0.2, 0) is 0 Å². The van der Waals surface area contributed by atoms with E-state index in [-0.39, 0.29) is 18.2 Å².